The molecule has 26 heavy (non-hydrogen) atoms. The first-order valence-electron chi connectivity index (χ1n) is 9.78. The maximum atomic E-state index is 11.0. The Hall–Kier alpha value is -2.29. The zero-order valence-corrected chi connectivity index (χ0v) is 15.7. The monoisotopic (exact) mass is 354 g/mol. The minimum atomic E-state index is -0.907. The Kier molecular flexibility index (Phi) is 8.74. The number of ether oxygens (including phenoxy) is 1. The van der Waals surface area contributed by atoms with Gasteiger partial charge in [0.05, 0.1) is 12.2 Å². The highest BCUT2D eigenvalue weighted by Gasteiger charge is 2.07. The van der Waals surface area contributed by atoms with Gasteiger partial charge >= 0.3 is 5.97 Å². The molecule has 3 nitrogen and oxygen atoms in total. The summed E-state index contributed by atoms with van der Waals surface area (Å²) < 4.78 is 6.00. The van der Waals surface area contributed by atoms with Crippen molar-refractivity contribution in [1.82, 2.24) is 0 Å². The van der Waals surface area contributed by atoms with Crippen LogP contribution in [0, 0.1) is 0 Å². The van der Waals surface area contributed by atoms with Crippen LogP contribution in [0.4, 0.5) is 0 Å². The van der Waals surface area contributed by atoms with E-state index in [1.54, 1.807) is 12.1 Å². The van der Waals surface area contributed by atoms with Crippen molar-refractivity contribution >= 4 is 5.97 Å². The second kappa shape index (κ2) is 11.3. The number of benzene rings is 2. The van der Waals surface area contributed by atoms with Gasteiger partial charge in [0.25, 0.3) is 0 Å². The number of hydrogen-bond donors (Lipinski definition) is 1. The molecule has 2 rings (SSSR count). The summed E-state index contributed by atoms with van der Waals surface area (Å²) in [6.45, 7) is 2.97. The molecular weight excluding hydrogens is 324 g/mol. The third-order valence-electron chi connectivity index (χ3n) is 4.59. The fraction of sp³-hybridized carbons (Fsp3) is 0.435. The lowest BCUT2D eigenvalue weighted by Gasteiger charge is -2.12. The van der Waals surface area contributed by atoms with Crippen LogP contribution >= 0.6 is 0 Å². The first kappa shape index (κ1) is 20.0. The van der Waals surface area contributed by atoms with E-state index in [2.05, 4.69) is 6.92 Å². The second-order valence-corrected chi connectivity index (χ2v) is 6.70. The SMILES string of the molecule is CCCCCCCCCCOc1ccccc1-c1ccc(C(=O)O)cc1. The van der Waals surface area contributed by atoms with Crippen LogP contribution in [0.5, 0.6) is 5.75 Å². The Labute approximate surface area is 157 Å². The van der Waals surface area contributed by atoms with Crippen LogP contribution in [0.25, 0.3) is 11.1 Å². The van der Waals surface area contributed by atoms with Crippen molar-refractivity contribution in [2.75, 3.05) is 6.61 Å². The fourth-order valence-corrected chi connectivity index (χ4v) is 3.04. The number of unbranched alkanes of at least 4 members (excludes halogenated alkanes) is 7. The van der Waals surface area contributed by atoms with Gasteiger partial charge in [0, 0.05) is 5.56 Å². The van der Waals surface area contributed by atoms with Gasteiger partial charge in [-0.25, -0.2) is 4.79 Å². The summed E-state index contributed by atoms with van der Waals surface area (Å²) in [5, 5.41) is 9.02. The van der Waals surface area contributed by atoms with Crippen LogP contribution in [-0.2, 0) is 0 Å². The van der Waals surface area contributed by atoms with Crippen LogP contribution in [-0.4, -0.2) is 17.7 Å². The molecule has 140 valence electrons. The van der Waals surface area contributed by atoms with Crippen molar-refractivity contribution in [3.63, 3.8) is 0 Å². The molecule has 0 amide bonds. The van der Waals surface area contributed by atoms with Crippen molar-refractivity contribution in [3.05, 3.63) is 54.1 Å². The van der Waals surface area contributed by atoms with Gasteiger partial charge in [0.15, 0.2) is 0 Å². The maximum Gasteiger partial charge on any atom is 0.335 e. The van der Waals surface area contributed by atoms with E-state index in [1.807, 2.05) is 36.4 Å². The summed E-state index contributed by atoms with van der Waals surface area (Å²) in [5.41, 5.74) is 2.27. The van der Waals surface area contributed by atoms with Crippen LogP contribution in [0.1, 0.15) is 68.6 Å². The van der Waals surface area contributed by atoms with Gasteiger partial charge in [0.2, 0.25) is 0 Å². The van der Waals surface area contributed by atoms with Crippen LogP contribution in [0.3, 0.4) is 0 Å². The van der Waals surface area contributed by atoms with Crippen molar-refractivity contribution in [1.29, 1.82) is 0 Å². The summed E-state index contributed by atoms with van der Waals surface area (Å²) in [6.07, 6.45) is 10.3. The molecular formula is C23H30O3. The van der Waals surface area contributed by atoms with E-state index in [0.29, 0.717) is 5.56 Å². The minimum absolute atomic E-state index is 0.297. The standard InChI is InChI=1S/C23H30O3/c1-2-3-4-5-6-7-8-11-18-26-22-13-10-9-12-21(22)19-14-16-20(17-15-19)23(24)25/h9-10,12-17H,2-8,11,18H2,1H3,(H,24,25). The first-order chi connectivity index (χ1) is 12.7. The van der Waals surface area contributed by atoms with Gasteiger partial charge in [-0.1, -0.05) is 82.2 Å². The molecule has 0 aliphatic carbocycles. The molecule has 0 unspecified atom stereocenters. The zero-order valence-electron chi connectivity index (χ0n) is 15.7. The van der Waals surface area contributed by atoms with E-state index >= 15 is 0 Å². The minimum Gasteiger partial charge on any atom is -0.493 e. The highest BCUT2D eigenvalue weighted by atomic mass is 16.5. The van der Waals surface area contributed by atoms with Gasteiger partial charge in [-0.3, -0.25) is 0 Å². The molecule has 0 heterocycles. The lowest BCUT2D eigenvalue weighted by Crippen LogP contribution is -1.99. The third kappa shape index (κ3) is 6.55. The second-order valence-electron chi connectivity index (χ2n) is 6.70. The summed E-state index contributed by atoms with van der Waals surface area (Å²) in [5.74, 6) is -0.0469. The summed E-state index contributed by atoms with van der Waals surface area (Å²) >= 11 is 0. The average Bonchev–Trinajstić information content (AvgIpc) is 2.67. The molecule has 0 fully saturated rings. The van der Waals surface area contributed by atoms with Crippen molar-refractivity contribution in [2.24, 2.45) is 0 Å². The van der Waals surface area contributed by atoms with Crippen molar-refractivity contribution in [2.45, 2.75) is 58.3 Å². The van der Waals surface area contributed by atoms with E-state index < -0.39 is 5.97 Å². The molecule has 1 N–H and O–H groups in total. The Morgan fingerprint density at radius 1 is 0.846 bits per heavy atom. The number of carbonyl (C=O) groups is 1. The van der Waals surface area contributed by atoms with Crippen LogP contribution in [0.2, 0.25) is 0 Å². The molecule has 0 bridgehead atoms. The van der Waals surface area contributed by atoms with Crippen molar-refractivity contribution < 1.29 is 14.6 Å². The Morgan fingerprint density at radius 3 is 2.12 bits per heavy atom. The molecule has 0 spiro atoms. The molecule has 2 aromatic carbocycles. The molecule has 0 aliphatic rings. The molecule has 0 aliphatic heterocycles. The van der Waals surface area contributed by atoms with E-state index in [4.69, 9.17) is 9.84 Å². The summed E-state index contributed by atoms with van der Waals surface area (Å²) in [6, 6.07) is 14.9. The van der Waals surface area contributed by atoms with E-state index in [0.717, 1.165) is 29.9 Å². The largest absolute Gasteiger partial charge is 0.493 e. The molecule has 0 radical (unpaired) electrons. The van der Waals surface area contributed by atoms with E-state index in [-0.39, 0.29) is 0 Å². The number of para-hydroxylation sites is 1. The molecule has 0 atom stereocenters. The van der Waals surface area contributed by atoms with Gasteiger partial charge < -0.3 is 9.84 Å². The molecule has 0 saturated carbocycles. The van der Waals surface area contributed by atoms with Crippen LogP contribution in [0.15, 0.2) is 48.5 Å². The lowest BCUT2D eigenvalue weighted by atomic mass is 10.0. The molecule has 3 heteroatoms. The Bertz CT molecular complexity index is 661. The van der Waals surface area contributed by atoms with Crippen LogP contribution < -0.4 is 4.74 Å². The normalized spacial score (nSPS) is 10.7. The summed E-state index contributed by atoms with van der Waals surface area (Å²) in [7, 11) is 0. The predicted molar refractivity (Wildman–Crippen MR) is 107 cm³/mol. The maximum absolute atomic E-state index is 11.0. The van der Waals surface area contributed by atoms with E-state index in [1.165, 1.54) is 44.9 Å². The Balaban J connectivity index is 1.81. The molecule has 2 aromatic rings. The highest BCUT2D eigenvalue weighted by Crippen LogP contribution is 2.30. The molecule has 0 saturated heterocycles. The molecule has 0 aromatic heterocycles. The zero-order chi connectivity index (χ0) is 18.6. The van der Waals surface area contributed by atoms with Crippen molar-refractivity contribution in [3.8, 4) is 16.9 Å². The number of aromatic carboxylic acids is 1. The number of rotatable bonds is 12. The Morgan fingerprint density at radius 2 is 1.46 bits per heavy atom. The lowest BCUT2D eigenvalue weighted by molar-refractivity contribution is 0.0697. The van der Waals surface area contributed by atoms with Gasteiger partial charge in [-0.15, -0.1) is 0 Å². The average molecular weight is 354 g/mol. The highest BCUT2D eigenvalue weighted by molar-refractivity contribution is 5.88. The quantitative estimate of drug-likeness (QED) is 0.438. The number of carboxylic acids is 1. The third-order valence-corrected chi connectivity index (χ3v) is 4.59. The first-order valence-corrected chi connectivity index (χ1v) is 9.78. The summed E-state index contributed by atoms with van der Waals surface area (Å²) in [4.78, 5) is 11.0. The number of carboxylic acid groups (broad SMARTS) is 1. The van der Waals surface area contributed by atoms with Gasteiger partial charge in [-0.2, -0.15) is 0 Å². The number of hydrogen-bond acceptors (Lipinski definition) is 2. The fourth-order valence-electron chi connectivity index (χ4n) is 3.04. The van der Waals surface area contributed by atoms with Gasteiger partial charge in [-0.05, 0) is 30.2 Å². The smallest absolute Gasteiger partial charge is 0.335 e. The van der Waals surface area contributed by atoms with Gasteiger partial charge in [0.1, 0.15) is 5.75 Å². The topological polar surface area (TPSA) is 46.5 Å². The predicted octanol–water partition coefficient (Wildman–Crippen LogP) is 6.57. The van der Waals surface area contributed by atoms with E-state index in [9.17, 15) is 4.79 Å².